The Balaban J connectivity index is 0.920. The largest absolute Gasteiger partial charge is 0.477 e. The van der Waals surface area contributed by atoms with Crippen LogP contribution in [0.15, 0.2) is 0 Å². The molecule has 0 aromatic heterocycles. The number of ether oxygens (including phenoxy) is 21. The van der Waals surface area contributed by atoms with Gasteiger partial charge in [-0.1, -0.05) is 0 Å². The molecule has 6 amide bonds. The van der Waals surface area contributed by atoms with Crippen LogP contribution in [0.25, 0.3) is 0 Å². The van der Waals surface area contributed by atoms with Crippen LogP contribution in [0.1, 0.15) is 54.9 Å². The number of hydrogen-bond acceptors (Lipinski definition) is 57. The minimum Gasteiger partial charge on any atom is -0.477 e. The number of aliphatic carboxylic acids is 1. The summed E-state index contributed by atoms with van der Waals surface area (Å²) in [6.07, 6.45) is -108. The van der Waals surface area contributed by atoms with E-state index in [-0.39, 0.29) is 0 Å². The van der Waals surface area contributed by atoms with Crippen LogP contribution >= 0.6 is 0 Å². The molecule has 0 aromatic rings. The highest BCUT2D eigenvalue weighted by molar-refractivity contribution is 5.77. The second kappa shape index (κ2) is 51.8. The van der Waals surface area contributed by atoms with Crippen molar-refractivity contribution in [2.24, 2.45) is 0 Å². The predicted molar refractivity (Wildman–Crippen MR) is 448 cm³/mol. The lowest BCUT2D eigenvalue weighted by Crippen LogP contribution is -2.71. The molecule has 36 N–H and O–H groups in total. The summed E-state index contributed by atoms with van der Waals surface area (Å²) in [5.74, 6) is -11.2. The van der Waals surface area contributed by atoms with Gasteiger partial charge in [0.1, 0.15) is 256 Å². The summed E-state index contributed by atoms with van der Waals surface area (Å²) in [5, 5.41) is 354. The summed E-state index contributed by atoms with van der Waals surface area (Å²) >= 11 is 0. The minimum absolute atomic E-state index is 0.846. The summed E-state index contributed by atoms with van der Waals surface area (Å²) in [4.78, 5) is 90.6. The first-order chi connectivity index (χ1) is 68.4. The van der Waals surface area contributed by atoms with E-state index in [0.717, 1.165) is 41.5 Å². The highest BCUT2D eigenvalue weighted by Gasteiger charge is 2.65. The van der Waals surface area contributed by atoms with Crippen LogP contribution in [0, 0.1) is 0 Å². The van der Waals surface area contributed by atoms with Crippen LogP contribution in [0.3, 0.4) is 0 Å². The van der Waals surface area contributed by atoms with Crippen molar-refractivity contribution in [3.05, 3.63) is 0 Å². The van der Waals surface area contributed by atoms with Gasteiger partial charge in [-0.2, -0.15) is 0 Å². The monoisotopic (exact) mass is 2120 g/mol. The number of hydrogen-bond donors (Lipinski definition) is 36. The van der Waals surface area contributed by atoms with E-state index in [4.69, 9.17) is 99.5 Å². The molecule has 145 heavy (non-hydrogen) atoms. The molecule has 64 nitrogen and oxygen atoms in total. The first-order valence-electron chi connectivity index (χ1n) is 46.1. The Morgan fingerprint density at radius 2 is 0.614 bits per heavy atom. The zero-order chi connectivity index (χ0) is 107. The third kappa shape index (κ3) is 26.9. The molecule has 11 rings (SSSR count). The Morgan fingerprint density at radius 3 is 1.04 bits per heavy atom. The molecule has 11 fully saturated rings. The van der Waals surface area contributed by atoms with Gasteiger partial charge in [0.15, 0.2) is 62.9 Å². The first kappa shape index (κ1) is 120. The molecule has 1 unspecified atom stereocenters. The lowest BCUT2D eigenvalue weighted by atomic mass is 9.88. The molecule has 64 heteroatoms. The van der Waals surface area contributed by atoms with E-state index < -0.39 is 457 Å². The van der Waals surface area contributed by atoms with Crippen molar-refractivity contribution >= 4 is 41.4 Å². The Labute approximate surface area is 821 Å². The maximum absolute atomic E-state index is 13.4. The molecule has 0 aromatic carbocycles. The highest BCUT2D eigenvalue weighted by atomic mass is 16.8. The van der Waals surface area contributed by atoms with Crippen molar-refractivity contribution in [2.75, 3.05) is 66.1 Å². The number of carboxylic acid groups (broad SMARTS) is 1. The van der Waals surface area contributed by atoms with Gasteiger partial charge in [-0.05, 0) is 6.92 Å². The van der Waals surface area contributed by atoms with Crippen LogP contribution in [0.2, 0.25) is 0 Å². The van der Waals surface area contributed by atoms with Crippen LogP contribution in [-0.4, -0.2) is 604 Å². The van der Waals surface area contributed by atoms with Gasteiger partial charge >= 0.3 is 5.97 Å². The number of nitrogens with one attached hydrogen (secondary N) is 6. The average Bonchev–Trinajstić information content (AvgIpc) is 0.769. The molecule has 56 atom stereocenters. The lowest BCUT2D eigenvalue weighted by molar-refractivity contribution is -0.399. The number of carbonyl (C=O) groups is 7. The standard InChI is InChI=1S/C81H134N6O58/c1-19-43(104)55(116)58(119)75(127-19)125-18-36-64(51(112)38(70(122)128-36)83-21(3)97)138-72-40(85-23(5)99)53(114)62(33(15-94)133-72)139-76-59(120)66(141-79-69(57(118)47(108)30(12-91)132-79)143-74-41(86-24(6)100)52(113)61(32(14-93)134-74)137-71-39(84-22(4)98)50(111)45(106)28(10-89)129-71)49(110)35(136-76)17-126-78-68(56(117)46(107)29(11-90)131-78)142-73-42(87-25(7)101)54(115)63(34(16-95)135-73)140-77-60(121)67(48(109)31(13-92)130-77)145-81(80(123)124)8-26(102)37(82-20(2)96)65(144-81)44(105)27(103)9-88/h19,26-79,88-95,102-122H,8-18H2,1-7H3,(H,82,96)(H,83,97)(H,84,98)(H,85,99)(H,86,100)(H,87,101)(H,123,124)/t19-,26-,27+,28+,29+,30+,31+,32+,33+,34+,35+,36+,37+,38+,39+,40+,41+,42+,43+,44+,45-,46+,47+,48-,49+,50+,51+,52+,53+,54+,55+,56-,57-,58-,59-,60+,61+,62+,63+,64+,65+,66-,67-,68-,69-,70?,71-,72-,73-,74-,75+,76-,77-,78-,79+,81-/m0/s1. The molecule has 0 aliphatic carbocycles. The zero-order valence-electron chi connectivity index (χ0n) is 78.4. The first-order valence-corrected chi connectivity index (χ1v) is 46.1. The molecule has 11 heterocycles. The fourth-order valence-electron chi connectivity index (χ4n) is 18.8. The number of amides is 6. The quantitative estimate of drug-likeness (QED) is 0.0272. The van der Waals surface area contributed by atoms with Crippen LogP contribution < -0.4 is 31.9 Å². The molecular formula is C81H134N6O58. The number of aliphatic hydroxyl groups is 29. The zero-order valence-corrected chi connectivity index (χ0v) is 78.4. The lowest BCUT2D eigenvalue weighted by Gasteiger charge is -2.51. The average molecular weight is 2120 g/mol. The Hall–Kier alpha value is -5.71. The van der Waals surface area contributed by atoms with Gasteiger partial charge in [-0.3, -0.25) is 28.8 Å². The van der Waals surface area contributed by atoms with E-state index in [0.29, 0.717) is 0 Å². The summed E-state index contributed by atoms with van der Waals surface area (Å²) < 4.78 is 126. The van der Waals surface area contributed by atoms with Crippen molar-refractivity contribution in [1.82, 2.24) is 31.9 Å². The van der Waals surface area contributed by atoms with E-state index in [2.05, 4.69) is 31.9 Å². The Bertz CT molecular complexity index is 4150. The van der Waals surface area contributed by atoms with E-state index in [1.807, 2.05) is 0 Å². The summed E-state index contributed by atoms with van der Waals surface area (Å²) in [6.45, 7) is -5.19. The second-order valence-corrected chi connectivity index (χ2v) is 36.7. The number of carbonyl (C=O) groups excluding carboxylic acids is 6. The maximum atomic E-state index is 13.4. The topological polar surface area (TPSA) is 992 Å². The summed E-state index contributed by atoms with van der Waals surface area (Å²) in [6, 6.07) is -11.6. The summed E-state index contributed by atoms with van der Waals surface area (Å²) in [5.41, 5.74) is 0. The van der Waals surface area contributed by atoms with E-state index in [9.17, 15) is 187 Å². The second-order valence-electron chi connectivity index (χ2n) is 36.7. The number of aliphatic hydroxyl groups excluding tert-OH is 29. The minimum atomic E-state index is -3.34. The fraction of sp³-hybridized carbons (Fsp3) is 0.914. The van der Waals surface area contributed by atoms with Gasteiger partial charge in [0.05, 0.1) is 84.3 Å². The SMILES string of the molecule is CC(=O)N[C@H]1[C@H](O[C@H]2[C@H](O)[C@@H](NC(C)=O)C(O)O[C@@H]2CO[C@@H]2O[C@@H](C)[C@@H](O)[C@@H](O)[C@@H]2O)O[C@H](CO)[C@@H](O[C@@H]2O[C@H](CO[C@H]3O[C@H](CO)[C@@H](O)[C@H](O)[C@@H]3O[C@@H]3O[C@H](CO)[C@@H](O[C@@H]4O[C@H](CO)[C@H](O)[C@H](O[C@]5(C(=O)O)C[C@H](O)[C@@H](NC(C)=O)[C@H]([C@H](O)[C@H](O)CO)O5)[C@H]4O)[C@H](O)[C@H]3NC(C)=O)[C@@H](O)[C@H](O[C@H]3O[C@H](CO)[C@@H](O)[C@H](O)[C@@H]3O[C@@H]3O[C@H](CO)[C@@H](O[C@@H]4O[C@H](CO)[C@H](O)[C@H](O)[C@H]4NC(C)=O)[C@H](O)[C@H]3NC(C)=O)[C@@H]2O)[C@@H]1O. The fourth-order valence-corrected chi connectivity index (χ4v) is 18.8. The van der Waals surface area contributed by atoms with E-state index >= 15 is 0 Å². The molecule has 11 aliphatic rings. The molecule has 0 spiro atoms. The third-order valence-electron chi connectivity index (χ3n) is 26.3. The molecular weight excluding hydrogens is 1980 g/mol. The predicted octanol–water partition coefficient (Wildman–Crippen LogP) is -23.9. The number of carboxylic acids is 1. The summed E-state index contributed by atoms with van der Waals surface area (Å²) in [7, 11) is 0. The third-order valence-corrected chi connectivity index (χ3v) is 26.3. The van der Waals surface area contributed by atoms with Crippen LogP contribution in [0.5, 0.6) is 0 Å². The van der Waals surface area contributed by atoms with Gasteiger partial charge in [-0.15, -0.1) is 0 Å². The highest BCUT2D eigenvalue weighted by Crippen LogP contribution is 2.44. The van der Waals surface area contributed by atoms with Gasteiger partial charge in [0.2, 0.25) is 35.4 Å². The Kier molecular flexibility index (Phi) is 42.7. The molecule has 11 aliphatic heterocycles. The molecule has 11 saturated heterocycles. The smallest absolute Gasteiger partial charge is 0.364 e. The van der Waals surface area contributed by atoms with Gasteiger partial charge < -0.3 is 285 Å². The van der Waals surface area contributed by atoms with Crippen molar-refractivity contribution in [3.8, 4) is 0 Å². The van der Waals surface area contributed by atoms with Gasteiger partial charge in [0.25, 0.3) is 5.79 Å². The van der Waals surface area contributed by atoms with Crippen molar-refractivity contribution in [3.63, 3.8) is 0 Å². The molecule has 0 bridgehead atoms. The number of rotatable bonds is 39. The van der Waals surface area contributed by atoms with Crippen LogP contribution in [-0.2, 0) is 133 Å². The molecule has 0 radical (unpaired) electrons. The van der Waals surface area contributed by atoms with Crippen LogP contribution in [0.4, 0.5) is 0 Å². The van der Waals surface area contributed by atoms with Gasteiger partial charge in [-0.25, -0.2) is 4.79 Å². The van der Waals surface area contributed by atoms with Crippen molar-refractivity contribution < 1.29 is 286 Å². The van der Waals surface area contributed by atoms with Crippen molar-refractivity contribution in [2.45, 2.75) is 398 Å². The maximum Gasteiger partial charge on any atom is 0.364 e. The molecule has 836 valence electrons. The van der Waals surface area contributed by atoms with Crippen molar-refractivity contribution in [1.29, 1.82) is 0 Å². The Morgan fingerprint density at radius 1 is 0.297 bits per heavy atom. The molecule has 0 saturated carbocycles. The normalized spacial score (nSPS) is 47.2. The van der Waals surface area contributed by atoms with E-state index in [1.165, 1.54) is 6.92 Å². The van der Waals surface area contributed by atoms with Gasteiger partial charge in [0, 0.05) is 48.0 Å². The van der Waals surface area contributed by atoms with E-state index in [1.54, 1.807) is 0 Å².